The lowest BCUT2D eigenvalue weighted by Gasteiger charge is -2.17. The summed E-state index contributed by atoms with van der Waals surface area (Å²) in [7, 11) is 1.59. The highest BCUT2D eigenvalue weighted by Gasteiger charge is 2.37. The number of rotatable bonds is 7. The Balaban J connectivity index is 1.47. The lowest BCUT2D eigenvalue weighted by Crippen LogP contribution is -2.36. The highest BCUT2D eigenvalue weighted by Crippen LogP contribution is 2.19. The number of hydrogen-bond acceptors (Lipinski definition) is 4. The maximum Gasteiger partial charge on any atom is 0.325 e. The lowest BCUT2D eigenvalue weighted by molar-refractivity contribution is -0.128. The summed E-state index contributed by atoms with van der Waals surface area (Å²) >= 11 is 0. The van der Waals surface area contributed by atoms with E-state index >= 15 is 0 Å². The Morgan fingerprint density at radius 1 is 1.14 bits per heavy atom. The number of ether oxygens (including phenoxy) is 1. The van der Waals surface area contributed by atoms with E-state index in [1.54, 1.807) is 19.2 Å². The smallest absolute Gasteiger partial charge is 0.325 e. The average molecular weight is 387 g/mol. The Bertz CT molecular complexity index is 696. The van der Waals surface area contributed by atoms with Crippen LogP contribution in [-0.2, 0) is 16.1 Å². The van der Waals surface area contributed by atoms with Crippen LogP contribution in [0.25, 0.3) is 0 Å². The largest absolute Gasteiger partial charge is 0.497 e. The molecule has 0 unspecified atom stereocenters. The molecule has 1 atom stereocenters. The summed E-state index contributed by atoms with van der Waals surface area (Å²) in [6, 6.07) is 6.45. The minimum atomic E-state index is -0.634. The summed E-state index contributed by atoms with van der Waals surface area (Å²) in [5, 5.41) is 5.78. The van der Waals surface area contributed by atoms with Gasteiger partial charge in [-0.3, -0.25) is 14.5 Å². The van der Waals surface area contributed by atoms with Crippen LogP contribution in [0.1, 0.15) is 56.9 Å². The molecule has 7 nitrogen and oxygen atoms in total. The highest BCUT2D eigenvalue weighted by atomic mass is 16.5. The fourth-order valence-corrected chi connectivity index (χ4v) is 3.83. The molecule has 1 aromatic rings. The number of urea groups is 1. The van der Waals surface area contributed by atoms with Crippen molar-refractivity contribution >= 4 is 17.8 Å². The van der Waals surface area contributed by atoms with Gasteiger partial charge < -0.3 is 15.4 Å². The van der Waals surface area contributed by atoms with Crippen molar-refractivity contribution in [2.75, 3.05) is 7.11 Å². The maximum absolute atomic E-state index is 12.6. The quantitative estimate of drug-likeness (QED) is 0.556. The number of methoxy groups -OCH3 is 1. The zero-order valence-electron chi connectivity index (χ0n) is 16.4. The first-order chi connectivity index (χ1) is 13.6. The van der Waals surface area contributed by atoms with Gasteiger partial charge in [-0.05, 0) is 37.0 Å². The second-order valence-corrected chi connectivity index (χ2v) is 7.57. The molecule has 7 heteroatoms. The van der Waals surface area contributed by atoms with Crippen molar-refractivity contribution in [1.29, 1.82) is 0 Å². The standard InChI is InChI=1S/C21H29N3O4/c1-28-17-10-8-15(9-11-17)14-24-20(26)18(23-21(24)27)12-13-19(25)22-16-6-4-2-3-5-7-16/h8-11,16,18H,2-7,12-14H2,1H3,(H,22,25)(H,23,27)/t18-/m1/s1. The van der Waals surface area contributed by atoms with E-state index in [0.717, 1.165) is 37.0 Å². The predicted molar refractivity (Wildman–Crippen MR) is 105 cm³/mol. The molecule has 2 N–H and O–H groups in total. The van der Waals surface area contributed by atoms with Crippen LogP contribution < -0.4 is 15.4 Å². The summed E-state index contributed by atoms with van der Waals surface area (Å²) in [5.74, 6) is 0.407. The topological polar surface area (TPSA) is 87.7 Å². The van der Waals surface area contributed by atoms with Gasteiger partial charge >= 0.3 is 6.03 Å². The summed E-state index contributed by atoms with van der Waals surface area (Å²) in [5.41, 5.74) is 0.844. The van der Waals surface area contributed by atoms with Crippen LogP contribution in [0.2, 0.25) is 0 Å². The number of benzene rings is 1. The molecule has 1 heterocycles. The molecule has 0 bridgehead atoms. The number of hydrogen-bond donors (Lipinski definition) is 2. The van der Waals surface area contributed by atoms with E-state index in [9.17, 15) is 14.4 Å². The molecule has 1 saturated carbocycles. The first-order valence-corrected chi connectivity index (χ1v) is 10.1. The zero-order chi connectivity index (χ0) is 19.9. The maximum atomic E-state index is 12.6. The molecule has 0 radical (unpaired) electrons. The van der Waals surface area contributed by atoms with Gasteiger partial charge in [-0.25, -0.2) is 4.79 Å². The van der Waals surface area contributed by atoms with E-state index in [2.05, 4.69) is 10.6 Å². The van der Waals surface area contributed by atoms with E-state index in [-0.39, 0.29) is 30.8 Å². The minimum Gasteiger partial charge on any atom is -0.497 e. The molecule has 1 saturated heterocycles. The second-order valence-electron chi connectivity index (χ2n) is 7.57. The highest BCUT2D eigenvalue weighted by molar-refractivity contribution is 6.04. The van der Waals surface area contributed by atoms with Gasteiger partial charge in [-0.15, -0.1) is 0 Å². The molecule has 3 rings (SSSR count). The van der Waals surface area contributed by atoms with Crippen molar-refractivity contribution in [1.82, 2.24) is 15.5 Å². The van der Waals surface area contributed by atoms with E-state index in [1.807, 2.05) is 12.1 Å². The second kappa shape index (κ2) is 9.57. The summed E-state index contributed by atoms with van der Waals surface area (Å²) in [6.07, 6.45) is 7.40. The molecule has 0 aromatic heterocycles. The lowest BCUT2D eigenvalue weighted by atomic mass is 10.1. The van der Waals surface area contributed by atoms with Crippen LogP contribution in [0.3, 0.4) is 0 Å². The van der Waals surface area contributed by atoms with E-state index < -0.39 is 12.1 Å². The van der Waals surface area contributed by atoms with Crippen LogP contribution >= 0.6 is 0 Å². The third-order valence-electron chi connectivity index (χ3n) is 5.49. The molecular formula is C21H29N3O4. The number of carbonyl (C=O) groups excluding carboxylic acids is 3. The summed E-state index contributed by atoms with van der Waals surface area (Å²) in [6.45, 7) is 0.208. The third kappa shape index (κ3) is 5.24. The first kappa shape index (κ1) is 20.2. The van der Waals surface area contributed by atoms with E-state index in [1.165, 1.54) is 17.7 Å². The van der Waals surface area contributed by atoms with Crippen LogP contribution in [0.15, 0.2) is 24.3 Å². The number of imide groups is 1. The Morgan fingerprint density at radius 3 is 2.46 bits per heavy atom. The van der Waals surface area contributed by atoms with Gasteiger partial charge in [0.15, 0.2) is 0 Å². The van der Waals surface area contributed by atoms with E-state index in [0.29, 0.717) is 6.42 Å². The van der Waals surface area contributed by atoms with Gasteiger partial charge in [0.05, 0.1) is 13.7 Å². The fourth-order valence-electron chi connectivity index (χ4n) is 3.83. The molecule has 2 aliphatic rings. The van der Waals surface area contributed by atoms with Crippen LogP contribution in [-0.4, -0.2) is 41.9 Å². The third-order valence-corrected chi connectivity index (χ3v) is 5.49. The average Bonchev–Trinajstić information content (AvgIpc) is 2.86. The molecule has 4 amide bonds. The number of nitrogens with zero attached hydrogens (tertiary/aromatic N) is 1. The van der Waals surface area contributed by atoms with Crippen LogP contribution in [0, 0.1) is 0 Å². The van der Waals surface area contributed by atoms with Crippen molar-refractivity contribution < 1.29 is 19.1 Å². The monoisotopic (exact) mass is 387 g/mol. The number of amides is 4. The Morgan fingerprint density at radius 2 is 1.82 bits per heavy atom. The van der Waals surface area contributed by atoms with Gasteiger partial charge in [0, 0.05) is 12.5 Å². The molecule has 0 spiro atoms. The summed E-state index contributed by atoms with van der Waals surface area (Å²) < 4.78 is 5.12. The SMILES string of the molecule is COc1ccc(CN2C(=O)N[C@H](CCC(=O)NC3CCCCCC3)C2=O)cc1. The Hall–Kier alpha value is -2.57. The predicted octanol–water partition coefficient (Wildman–Crippen LogP) is 2.73. The minimum absolute atomic E-state index is 0.0393. The van der Waals surface area contributed by atoms with Crippen LogP contribution in [0.4, 0.5) is 4.79 Å². The van der Waals surface area contributed by atoms with Crippen molar-refractivity contribution in [3.8, 4) is 5.75 Å². The molecule has 1 aliphatic carbocycles. The Labute approximate surface area is 165 Å². The number of carbonyl (C=O) groups is 3. The molecule has 152 valence electrons. The van der Waals surface area contributed by atoms with Crippen molar-refractivity contribution in [3.05, 3.63) is 29.8 Å². The van der Waals surface area contributed by atoms with Crippen LogP contribution in [0.5, 0.6) is 5.75 Å². The molecule has 1 aromatic carbocycles. The van der Waals surface area contributed by atoms with Crippen molar-refractivity contribution in [3.63, 3.8) is 0 Å². The fraction of sp³-hybridized carbons (Fsp3) is 0.571. The van der Waals surface area contributed by atoms with Gasteiger partial charge in [-0.2, -0.15) is 0 Å². The van der Waals surface area contributed by atoms with E-state index in [4.69, 9.17) is 4.74 Å². The van der Waals surface area contributed by atoms with Crippen molar-refractivity contribution in [2.45, 2.75) is 70.0 Å². The molecule has 2 fully saturated rings. The Kier molecular flexibility index (Phi) is 6.90. The molecular weight excluding hydrogens is 358 g/mol. The molecule has 28 heavy (non-hydrogen) atoms. The van der Waals surface area contributed by atoms with Gasteiger partial charge in [0.25, 0.3) is 5.91 Å². The first-order valence-electron chi connectivity index (χ1n) is 10.1. The zero-order valence-corrected chi connectivity index (χ0v) is 16.4. The van der Waals surface area contributed by atoms with Crippen molar-refractivity contribution in [2.24, 2.45) is 0 Å². The number of nitrogens with one attached hydrogen (secondary N) is 2. The van der Waals surface area contributed by atoms with Gasteiger partial charge in [0.1, 0.15) is 11.8 Å². The normalized spacial score (nSPS) is 20.6. The summed E-state index contributed by atoms with van der Waals surface area (Å²) in [4.78, 5) is 38.2. The van der Waals surface area contributed by atoms with Gasteiger partial charge in [0.2, 0.25) is 5.91 Å². The molecule has 1 aliphatic heterocycles. The van der Waals surface area contributed by atoms with Gasteiger partial charge in [-0.1, -0.05) is 37.8 Å².